The van der Waals surface area contributed by atoms with E-state index in [4.69, 9.17) is 0 Å². The lowest BCUT2D eigenvalue weighted by Crippen LogP contribution is -2.26. The van der Waals surface area contributed by atoms with E-state index in [2.05, 4.69) is 48.3 Å². The van der Waals surface area contributed by atoms with Gasteiger partial charge in [0.05, 0.1) is 5.52 Å². The molecule has 2 heterocycles. The predicted octanol–water partition coefficient (Wildman–Crippen LogP) is 2.95. The van der Waals surface area contributed by atoms with Gasteiger partial charge >= 0.3 is 0 Å². The van der Waals surface area contributed by atoms with Crippen molar-refractivity contribution >= 4 is 10.9 Å². The van der Waals surface area contributed by atoms with Crippen LogP contribution < -0.4 is 5.32 Å². The minimum absolute atomic E-state index is 0.750. The Morgan fingerprint density at radius 3 is 2.76 bits per heavy atom. The standard InChI is InChI=1S/C15H20N2/c1-11-9-14(12-3-6-16-7-4-12)10-13-5-8-17(2)15(11)13/h5,8-10,12,16H,3-4,6-7H2,1-2H3. The largest absolute Gasteiger partial charge is 0.350 e. The smallest absolute Gasteiger partial charge is 0.0507 e. The second kappa shape index (κ2) is 4.19. The minimum Gasteiger partial charge on any atom is -0.350 e. The molecule has 0 unspecified atom stereocenters. The molecule has 0 bridgehead atoms. The number of hydrogen-bond acceptors (Lipinski definition) is 1. The fraction of sp³-hybridized carbons (Fsp3) is 0.467. The number of piperidine rings is 1. The summed E-state index contributed by atoms with van der Waals surface area (Å²) < 4.78 is 2.22. The third kappa shape index (κ3) is 1.87. The van der Waals surface area contributed by atoms with E-state index >= 15 is 0 Å². The molecule has 0 atom stereocenters. The van der Waals surface area contributed by atoms with Gasteiger partial charge in [-0.15, -0.1) is 0 Å². The molecule has 0 aliphatic carbocycles. The highest BCUT2D eigenvalue weighted by Crippen LogP contribution is 2.30. The number of hydrogen-bond donors (Lipinski definition) is 1. The highest BCUT2D eigenvalue weighted by atomic mass is 14.9. The van der Waals surface area contributed by atoms with Crippen molar-refractivity contribution in [3.05, 3.63) is 35.5 Å². The number of aryl methyl sites for hydroxylation is 2. The Balaban J connectivity index is 2.05. The van der Waals surface area contributed by atoms with E-state index in [-0.39, 0.29) is 0 Å². The van der Waals surface area contributed by atoms with Crippen molar-refractivity contribution in [1.29, 1.82) is 0 Å². The summed E-state index contributed by atoms with van der Waals surface area (Å²) in [6.07, 6.45) is 4.71. The summed E-state index contributed by atoms with van der Waals surface area (Å²) in [5.41, 5.74) is 4.31. The van der Waals surface area contributed by atoms with E-state index in [0.717, 1.165) is 19.0 Å². The molecule has 1 aromatic heterocycles. The molecule has 90 valence electrons. The van der Waals surface area contributed by atoms with Crippen LogP contribution in [0.3, 0.4) is 0 Å². The normalized spacial score (nSPS) is 17.8. The van der Waals surface area contributed by atoms with Gasteiger partial charge in [0.2, 0.25) is 0 Å². The lowest BCUT2D eigenvalue weighted by atomic mass is 9.88. The van der Waals surface area contributed by atoms with Crippen molar-refractivity contribution < 1.29 is 0 Å². The van der Waals surface area contributed by atoms with Gasteiger partial charge in [0.25, 0.3) is 0 Å². The van der Waals surface area contributed by atoms with Crippen molar-refractivity contribution in [2.24, 2.45) is 7.05 Å². The number of benzene rings is 1. The zero-order chi connectivity index (χ0) is 11.8. The van der Waals surface area contributed by atoms with Gasteiger partial charge in [-0.2, -0.15) is 0 Å². The van der Waals surface area contributed by atoms with Crippen LogP contribution in [0, 0.1) is 6.92 Å². The lowest BCUT2D eigenvalue weighted by molar-refractivity contribution is 0.460. The number of nitrogens with zero attached hydrogens (tertiary/aromatic N) is 1. The molecule has 1 aliphatic rings. The molecule has 0 saturated carbocycles. The highest BCUT2D eigenvalue weighted by Gasteiger charge is 2.16. The quantitative estimate of drug-likeness (QED) is 0.794. The number of aromatic nitrogens is 1. The average molecular weight is 228 g/mol. The van der Waals surface area contributed by atoms with Crippen LogP contribution in [-0.2, 0) is 7.05 Å². The van der Waals surface area contributed by atoms with Gasteiger partial charge in [-0.3, -0.25) is 0 Å². The zero-order valence-electron chi connectivity index (χ0n) is 10.7. The van der Waals surface area contributed by atoms with Crippen LogP contribution in [0.4, 0.5) is 0 Å². The van der Waals surface area contributed by atoms with E-state index in [0.29, 0.717) is 0 Å². The van der Waals surface area contributed by atoms with Gasteiger partial charge in [0, 0.05) is 18.6 Å². The molecular weight excluding hydrogens is 208 g/mol. The van der Waals surface area contributed by atoms with Crippen LogP contribution in [0.15, 0.2) is 24.4 Å². The maximum Gasteiger partial charge on any atom is 0.0507 e. The molecule has 1 aromatic carbocycles. The molecule has 3 rings (SSSR count). The first-order chi connectivity index (χ1) is 8.25. The van der Waals surface area contributed by atoms with Crippen molar-refractivity contribution in [2.45, 2.75) is 25.7 Å². The molecule has 2 aromatic rings. The van der Waals surface area contributed by atoms with Crippen LogP contribution in [0.5, 0.6) is 0 Å². The second-order valence-electron chi connectivity index (χ2n) is 5.23. The van der Waals surface area contributed by atoms with Crippen LogP contribution in [-0.4, -0.2) is 17.7 Å². The predicted molar refractivity (Wildman–Crippen MR) is 72.5 cm³/mol. The molecule has 1 fully saturated rings. The highest BCUT2D eigenvalue weighted by molar-refractivity contribution is 5.84. The Morgan fingerprint density at radius 1 is 1.24 bits per heavy atom. The maximum absolute atomic E-state index is 3.44. The van der Waals surface area contributed by atoms with Gasteiger partial charge in [-0.1, -0.05) is 6.07 Å². The topological polar surface area (TPSA) is 17.0 Å². The molecular formula is C15H20N2. The Hall–Kier alpha value is -1.28. The van der Waals surface area contributed by atoms with Gasteiger partial charge in [0.1, 0.15) is 0 Å². The molecule has 2 nitrogen and oxygen atoms in total. The SMILES string of the molecule is Cc1cc(C2CCNCC2)cc2ccn(C)c12. The fourth-order valence-electron chi connectivity index (χ4n) is 3.10. The molecule has 17 heavy (non-hydrogen) atoms. The maximum atomic E-state index is 3.44. The van der Waals surface area contributed by atoms with E-state index in [1.807, 2.05) is 0 Å². The van der Waals surface area contributed by atoms with Crippen molar-refractivity contribution in [3.63, 3.8) is 0 Å². The molecule has 1 N–H and O–H groups in total. The first kappa shape index (κ1) is 10.8. The molecule has 1 saturated heterocycles. The molecule has 2 heteroatoms. The summed E-state index contributed by atoms with van der Waals surface area (Å²) in [6, 6.07) is 7.00. The minimum atomic E-state index is 0.750. The van der Waals surface area contributed by atoms with Crippen LogP contribution >= 0.6 is 0 Å². The average Bonchev–Trinajstić information content (AvgIpc) is 2.73. The summed E-state index contributed by atoms with van der Waals surface area (Å²) in [7, 11) is 2.12. The van der Waals surface area contributed by atoms with Crippen molar-refractivity contribution in [3.8, 4) is 0 Å². The summed E-state index contributed by atoms with van der Waals surface area (Å²) in [6.45, 7) is 4.56. The van der Waals surface area contributed by atoms with Gasteiger partial charge in [-0.05, 0) is 62.0 Å². The van der Waals surface area contributed by atoms with Crippen LogP contribution in [0.25, 0.3) is 10.9 Å². The first-order valence-corrected chi connectivity index (χ1v) is 6.52. The van der Waals surface area contributed by atoms with E-state index in [9.17, 15) is 0 Å². The zero-order valence-corrected chi connectivity index (χ0v) is 10.7. The molecule has 0 amide bonds. The third-order valence-electron chi connectivity index (χ3n) is 3.99. The van der Waals surface area contributed by atoms with Gasteiger partial charge < -0.3 is 9.88 Å². The molecule has 1 aliphatic heterocycles. The Kier molecular flexibility index (Phi) is 2.67. The van der Waals surface area contributed by atoms with E-state index in [1.165, 1.54) is 34.9 Å². The van der Waals surface area contributed by atoms with E-state index < -0.39 is 0 Å². The molecule has 0 spiro atoms. The second-order valence-corrected chi connectivity index (χ2v) is 5.23. The van der Waals surface area contributed by atoms with Gasteiger partial charge in [0.15, 0.2) is 0 Å². The monoisotopic (exact) mass is 228 g/mol. The number of nitrogens with one attached hydrogen (secondary N) is 1. The Labute approximate surface area is 103 Å². The van der Waals surface area contributed by atoms with Crippen LogP contribution in [0.1, 0.15) is 29.9 Å². The summed E-state index contributed by atoms with van der Waals surface area (Å²) in [4.78, 5) is 0. The lowest BCUT2D eigenvalue weighted by Gasteiger charge is -2.23. The number of fused-ring (bicyclic) bond motifs is 1. The fourth-order valence-corrected chi connectivity index (χ4v) is 3.10. The van der Waals surface area contributed by atoms with Crippen molar-refractivity contribution in [1.82, 2.24) is 9.88 Å². The number of rotatable bonds is 1. The third-order valence-corrected chi connectivity index (χ3v) is 3.99. The first-order valence-electron chi connectivity index (χ1n) is 6.52. The van der Waals surface area contributed by atoms with Crippen molar-refractivity contribution in [2.75, 3.05) is 13.1 Å². The summed E-state index contributed by atoms with van der Waals surface area (Å²) in [5.74, 6) is 0.750. The Bertz CT molecular complexity index is 533. The van der Waals surface area contributed by atoms with Crippen LogP contribution in [0.2, 0.25) is 0 Å². The summed E-state index contributed by atoms with van der Waals surface area (Å²) in [5, 5.41) is 4.83. The van der Waals surface area contributed by atoms with E-state index in [1.54, 1.807) is 0 Å². The molecule has 0 radical (unpaired) electrons. The Morgan fingerprint density at radius 2 is 2.00 bits per heavy atom. The summed E-state index contributed by atoms with van der Waals surface area (Å²) >= 11 is 0. The van der Waals surface area contributed by atoms with Gasteiger partial charge in [-0.25, -0.2) is 0 Å².